The lowest BCUT2D eigenvalue weighted by Gasteiger charge is -2.37. The van der Waals surface area contributed by atoms with Gasteiger partial charge in [0.1, 0.15) is 14.9 Å². The van der Waals surface area contributed by atoms with Crippen LogP contribution in [0.25, 0.3) is 0 Å². The number of ether oxygens (including phenoxy) is 3. The maximum atomic E-state index is 12.7. The molecule has 1 amide bonds. The average Bonchev–Trinajstić information content (AvgIpc) is 3.07. The summed E-state index contributed by atoms with van der Waals surface area (Å²) in [5.74, 6) is -0.422. The predicted molar refractivity (Wildman–Crippen MR) is 96.3 cm³/mol. The number of fused-ring (bicyclic) bond motifs is 3. The molecule has 0 saturated carbocycles. The van der Waals surface area contributed by atoms with Crippen LogP contribution in [-0.2, 0) is 20.8 Å². The highest BCUT2D eigenvalue weighted by Gasteiger charge is 2.45. The fourth-order valence-corrected chi connectivity index (χ4v) is 3.90. The van der Waals surface area contributed by atoms with Gasteiger partial charge in [-0.15, -0.1) is 0 Å². The summed E-state index contributed by atoms with van der Waals surface area (Å²) in [5.41, 5.74) is 0.490. The summed E-state index contributed by atoms with van der Waals surface area (Å²) in [4.78, 5) is 26.7. The molecular weight excluding hydrogens is 441 g/mol. The minimum atomic E-state index is -0.595. The van der Waals surface area contributed by atoms with E-state index in [4.69, 9.17) is 14.2 Å². The topological polar surface area (TPSA) is 82.9 Å². The highest BCUT2D eigenvalue weighted by Crippen LogP contribution is 2.35. The standard InChI is InChI=1S/C16H22IN3O5/c1-5-24-14(21)12-9-6-19(15(22)25-16(2,3)4)10-7-23-8-11(10)20(9)18-13(12)17/h10-11H,5-8H2,1-4H3/t10-,11+/m1/s1. The van der Waals surface area contributed by atoms with Crippen LogP contribution in [0.1, 0.15) is 49.8 Å². The van der Waals surface area contributed by atoms with Crippen molar-refractivity contribution in [3.8, 4) is 0 Å². The van der Waals surface area contributed by atoms with Crippen LogP contribution in [-0.4, -0.2) is 58.2 Å². The van der Waals surface area contributed by atoms with E-state index in [-0.39, 0.29) is 25.2 Å². The smallest absolute Gasteiger partial charge is 0.411 e. The van der Waals surface area contributed by atoms with Crippen LogP contribution in [0.2, 0.25) is 0 Å². The highest BCUT2D eigenvalue weighted by molar-refractivity contribution is 14.1. The van der Waals surface area contributed by atoms with Gasteiger partial charge in [0.15, 0.2) is 0 Å². The summed E-state index contributed by atoms with van der Waals surface area (Å²) < 4.78 is 18.7. The molecule has 2 aliphatic heterocycles. The van der Waals surface area contributed by atoms with Crippen LogP contribution >= 0.6 is 22.6 Å². The molecule has 25 heavy (non-hydrogen) atoms. The SMILES string of the molecule is CCOC(=O)c1c(I)nn2c1CN(C(=O)OC(C)(C)C)[C@@H]1COC[C@@H]12. The van der Waals surface area contributed by atoms with Gasteiger partial charge in [0.2, 0.25) is 0 Å². The lowest BCUT2D eigenvalue weighted by atomic mass is 10.1. The van der Waals surface area contributed by atoms with Gasteiger partial charge >= 0.3 is 12.1 Å². The molecule has 0 spiro atoms. The van der Waals surface area contributed by atoms with E-state index in [2.05, 4.69) is 5.10 Å². The van der Waals surface area contributed by atoms with Gasteiger partial charge in [-0.25, -0.2) is 9.59 Å². The van der Waals surface area contributed by atoms with Gasteiger partial charge in [-0.2, -0.15) is 5.10 Å². The zero-order valence-electron chi connectivity index (χ0n) is 14.7. The predicted octanol–water partition coefficient (Wildman–Crippen LogP) is 2.36. The lowest BCUT2D eigenvalue weighted by molar-refractivity contribution is 0.00396. The van der Waals surface area contributed by atoms with E-state index < -0.39 is 17.7 Å². The second-order valence-electron chi connectivity index (χ2n) is 7.06. The Morgan fingerprint density at radius 1 is 1.32 bits per heavy atom. The largest absolute Gasteiger partial charge is 0.462 e. The second kappa shape index (κ2) is 6.75. The van der Waals surface area contributed by atoms with Crippen LogP contribution in [0.4, 0.5) is 4.79 Å². The molecule has 0 unspecified atom stereocenters. The first kappa shape index (κ1) is 18.4. The summed E-state index contributed by atoms with van der Waals surface area (Å²) in [6, 6.07) is -0.291. The van der Waals surface area contributed by atoms with Crippen LogP contribution in [0.15, 0.2) is 0 Å². The number of nitrogens with zero attached hydrogens (tertiary/aromatic N) is 3. The molecule has 1 fully saturated rings. The number of rotatable bonds is 2. The Balaban J connectivity index is 1.98. The Morgan fingerprint density at radius 2 is 2.00 bits per heavy atom. The number of esters is 1. The van der Waals surface area contributed by atoms with Crippen LogP contribution < -0.4 is 0 Å². The van der Waals surface area contributed by atoms with Gasteiger partial charge in [-0.05, 0) is 50.3 Å². The molecule has 0 N–H and O–H groups in total. The Bertz CT molecular complexity index is 697. The quantitative estimate of drug-likeness (QED) is 0.495. The molecule has 0 aliphatic carbocycles. The Labute approximate surface area is 159 Å². The van der Waals surface area contributed by atoms with Crippen molar-refractivity contribution in [1.29, 1.82) is 0 Å². The third-order valence-electron chi connectivity index (χ3n) is 4.13. The molecule has 9 heteroatoms. The second-order valence-corrected chi connectivity index (χ2v) is 8.08. The van der Waals surface area contributed by atoms with Crippen LogP contribution in [0.3, 0.4) is 0 Å². The Morgan fingerprint density at radius 3 is 2.64 bits per heavy atom. The van der Waals surface area contributed by atoms with E-state index in [1.807, 2.05) is 48.0 Å². The first-order valence-electron chi connectivity index (χ1n) is 8.24. The number of hydrogen-bond acceptors (Lipinski definition) is 6. The number of amides is 1. The van der Waals surface area contributed by atoms with Gasteiger partial charge in [0, 0.05) is 0 Å². The number of carbonyl (C=O) groups excluding carboxylic acids is 2. The van der Waals surface area contributed by atoms with Crippen molar-refractivity contribution in [2.24, 2.45) is 0 Å². The maximum absolute atomic E-state index is 12.7. The Hall–Kier alpha value is -1.36. The molecule has 0 aromatic carbocycles. The van der Waals surface area contributed by atoms with Crippen molar-refractivity contribution < 1.29 is 23.8 Å². The van der Waals surface area contributed by atoms with Crippen molar-refractivity contribution in [3.05, 3.63) is 15.0 Å². The summed E-state index contributed by atoms with van der Waals surface area (Å²) in [7, 11) is 0. The van der Waals surface area contributed by atoms with Gasteiger partial charge < -0.3 is 14.2 Å². The van der Waals surface area contributed by atoms with Gasteiger partial charge in [0.05, 0.1) is 44.1 Å². The monoisotopic (exact) mass is 463 g/mol. The highest BCUT2D eigenvalue weighted by atomic mass is 127. The molecule has 1 aromatic heterocycles. The summed E-state index contributed by atoms with van der Waals surface area (Å²) in [6.07, 6.45) is -0.412. The first-order chi connectivity index (χ1) is 11.7. The van der Waals surface area contributed by atoms with Gasteiger partial charge in [0.25, 0.3) is 0 Å². The molecule has 3 heterocycles. The van der Waals surface area contributed by atoms with Gasteiger partial charge in [-0.3, -0.25) is 9.58 Å². The number of hydrogen-bond donors (Lipinski definition) is 0. The number of carbonyl (C=O) groups is 2. The van der Waals surface area contributed by atoms with Crippen molar-refractivity contribution in [2.45, 2.75) is 51.9 Å². The molecule has 2 aliphatic rings. The molecule has 0 radical (unpaired) electrons. The van der Waals surface area contributed by atoms with Crippen molar-refractivity contribution >= 4 is 34.7 Å². The minimum Gasteiger partial charge on any atom is -0.462 e. The third-order valence-corrected chi connectivity index (χ3v) is 4.89. The molecule has 0 bridgehead atoms. The summed E-state index contributed by atoms with van der Waals surface area (Å²) in [5, 5.41) is 4.51. The Kier molecular flexibility index (Phi) is 4.97. The van der Waals surface area contributed by atoms with E-state index >= 15 is 0 Å². The number of halogens is 1. The van der Waals surface area contributed by atoms with E-state index in [0.717, 1.165) is 0 Å². The molecule has 1 saturated heterocycles. The molecular formula is C16H22IN3O5. The van der Waals surface area contributed by atoms with E-state index in [0.29, 0.717) is 28.2 Å². The normalized spacial score (nSPS) is 22.4. The fraction of sp³-hybridized carbons (Fsp3) is 0.688. The van der Waals surface area contributed by atoms with Crippen molar-refractivity contribution in [2.75, 3.05) is 19.8 Å². The van der Waals surface area contributed by atoms with Crippen molar-refractivity contribution in [3.63, 3.8) is 0 Å². The molecule has 3 rings (SSSR count). The molecule has 8 nitrogen and oxygen atoms in total. The first-order valence-corrected chi connectivity index (χ1v) is 9.32. The molecule has 138 valence electrons. The van der Waals surface area contributed by atoms with Gasteiger partial charge in [-0.1, -0.05) is 0 Å². The van der Waals surface area contributed by atoms with Crippen LogP contribution in [0.5, 0.6) is 0 Å². The van der Waals surface area contributed by atoms with E-state index in [9.17, 15) is 9.59 Å². The molecule has 1 aromatic rings. The zero-order valence-corrected chi connectivity index (χ0v) is 16.9. The van der Waals surface area contributed by atoms with Crippen LogP contribution in [0, 0.1) is 3.70 Å². The maximum Gasteiger partial charge on any atom is 0.411 e. The minimum absolute atomic E-state index is 0.132. The zero-order chi connectivity index (χ0) is 18.4. The summed E-state index contributed by atoms with van der Waals surface area (Å²) in [6.45, 7) is 8.63. The number of aromatic nitrogens is 2. The third kappa shape index (κ3) is 3.48. The van der Waals surface area contributed by atoms with E-state index in [1.54, 1.807) is 11.8 Å². The molecule has 2 atom stereocenters. The average molecular weight is 463 g/mol. The lowest BCUT2D eigenvalue weighted by Crippen LogP contribution is -2.50. The fourth-order valence-electron chi connectivity index (χ4n) is 3.13. The van der Waals surface area contributed by atoms with Crippen molar-refractivity contribution in [1.82, 2.24) is 14.7 Å². The van der Waals surface area contributed by atoms with E-state index in [1.165, 1.54) is 0 Å². The summed E-state index contributed by atoms with van der Waals surface area (Å²) >= 11 is 2.03.